The Bertz CT molecular complexity index is 390. The Kier molecular flexibility index (Phi) is 5.73. The molecule has 1 unspecified atom stereocenters. The number of hydrogen-bond acceptors (Lipinski definition) is 3. The van der Waals surface area contributed by atoms with Gasteiger partial charge in [0.1, 0.15) is 0 Å². The molecule has 1 N–H and O–H groups in total. The topological polar surface area (TPSA) is 32.3 Å². The van der Waals surface area contributed by atoms with Gasteiger partial charge in [-0.1, -0.05) is 25.1 Å². The van der Waals surface area contributed by atoms with Crippen molar-refractivity contribution in [3.63, 3.8) is 0 Å². The molecule has 0 bridgehead atoms. The number of benzene rings is 1. The van der Waals surface area contributed by atoms with Crippen molar-refractivity contribution in [2.75, 3.05) is 25.4 Å². The van der Waals surface area contributed by atoms with Crippen molar-refractivity contribution in [3.8, 4) is 0 Å². The van der Waals surface area contributed by atoms with Crippen LogP contribution in [0.15, 0.2) is 35.2 Å². The minimum Gasteiger partial charge on any atom is -0.338 e. The molecule has 0 saturated carbocycles. The average molecular weight is 278 g/mol. The molecule has 0 aromatic heterocycles. The maximum atomic E-state index is 12.4. The van der Waals surface area contributed by atoms with Crippen LogP contribution in [0.25, 0.3) is 0 Å². The summed E-state index contributed by atoms with van der Waals surface area (Å²) in [5, 5.41) is 3.34. The Hall–Kier alpha value is -1.00. The van der Waals surface area contributed by atoms with Crippen molar-refractivity contribution in [2.45, 2.75) is 30.7 Å². The maximum absolute atomic E-state index is 12.4. The summed E-state index contributed by atoms with van der Waals surface area (Å²) >= 11 is 1.63. The molecular formula is C15H22N2OS. The first kappa shape index (κ1) is 14.4. The average Bonchev–Trinajstić information content (AvgIpc) is 2.97. The fraction of sp³-hybridized carbons (Fsp3) is 0.533. The predicted molar refractivity (Wildman–Crippen MR) is 80.4 cm³/mol. The van der Waals surface area contributed by atoms with Crippen molar-refractivity contribution in [1.29, 1.82) is 0 Å². The molecule has 19 heavy (non-hydrogen) atoms. The normalized spacial score (nSPS) is 18.5. The molecule has 104 valence electrons. The molecule has 0 spiro atoms. The lowest BCUT2D eigenvalue weighted by Crippen LogP contribution is -2.43. The molecule has 1 aromatic rings. The first-order valence-corrected chi connectivity index (χ1v) is 7.98. The number of amides is 1. The van der Waals surface area contributed by atoms with Crippen molar-refractivity contribution in [1.82, 2.24) is 10.2 Å². The second-order valence-electron chi connectivity index (χ2n) is 4.84. The van der Waals surface area contributed by atoms with E-state index in [9.17, 15) is 4.79 Å². The standard InChI is InChI=1S/C15H22N2OS/c1-2-10-17(13-8-9-16-11-13)15(18)12-19-14-6-4-3-5-7-14/h3-7,13,16H,2,8-12H2,1H3. The van der Waals surface area contributed by atoms with Crippen molar-refractivity contribution in [2.24, 2.45) is 0 Å². The molecule has 1 aliphatic rings. The van der Waals surface area contributed by atoms with Crippen LogP contribution in [0.5, 0.6) is 0 Å². The van der Waals surface area contributed by atoms with Crippen LogP contribution in [-0.2, 0) is 4.79 Å². The Morgan fingerprint density at radius 3 is 2.84 bits per heavy atom. The zero-order valence-corrected chi connectivity index (χ0v) is 12.3. The van der Waals surface area contributed by atoms with E-state index in [0.717, 1.165) is 37.4 Å². The summed E-state index contributed by atoms with van der Waals surface area (Å²) in [5.74, 6) is 0.810. The highest BCUT2D eigenvalue weighted by Crippen LogP contribution is 2.19. The molecule has 0 aliphatic carbocycles. The number of hydrogen-bond donors (Lipinski definition) is 1. The van der Waals surface area contributed by atoms with Gasteiger partial charge >= 0.3 is 0 Å². The third-order valence-corrected chi connectivity index (χ3v) is 4.36. The van der Waals surface area contributed by atoms with Crippen LogP contribution in [0.1, 0.15) is 19.8 Å². The number of carbonyl (C=O) groups is 1. The van der Waals surface area contributed by atoms with Gasteiger partial charge < -0.3 is 10.2 Å². The van der Waals surface area contributed by atoms with E-state index >= 15 is 0 Å². The summed E-state index contributed by atoms with van der Waals surface area (Å²) in [6.07, 6.45) is 2.11. The van der Waals surface area contributed by atoms with E-state index in [1.807, 2.05) is 18.2 Å². The molecule has 1 heterocycles. The molecular weight excluding hydrogens is 256 g/mol. The van der Waals surface area contributed by atoms with Crippen LogP contribution in [0, 0.1) is 0 Å². The van der Waals surface area contributed by atoms with Crippen molar-refractivity contribution in [3.05, 3.63) is 30.3 Å². The van der Waals surface area contributed by atoms with Gasteiger partial charge in [0.05, 0.1) is 5.75 Å². The van der Waals surface area contributed by atoms with E-state index in [2.05, 4.69) is 29.3 Å². The van der Waals surface area contributed by atoms with Crippen LogP contribution in [0.3, 0.4) is 0 Å². The summed E-state index contributed by atoms with van der Waals surface area (Å²) in [7, 11) is 0. The summed E-state index contributed by atoms with van der Waals surface area (Å²) in [4.78, 5) is 15.6. The van der Waals surface area contributed by atoms with Crippen LogP contribution in [0.2, 0.25) is 0 Å². The van der Waals surface area contributed by atoms with Gasteiger partial charge in [-0.05, 0) is 31.5 Å². The first-order chi connectivity index (χ1) is 9.31. The van der Waals surface area contributed by atoms with Crippen molar-refractivity contribution < 1.29 is 4.79 Å². The van der Waals surface area contributed by atoms with E-state index in [-0.39, 0.29) is 5.91 Å². The lowest BCUT2D eigenvalue weighted by Gasteiger charge is -2.28. The van der Waals surface area contributed by atoms with E-state index in [1.54, 1.807) is 11.8 Å². The smallest absolute Gasteiger partial charge is 0.233 e. The van der Waals surface area contributed by atoms with Crippen molar-refractivity contribution >= 4 is 17.7 Å². The third kappa shape index (κ3) is 4.25. The molecule has 4 heteroatoms. The molecule has 1 atom stereocenters. The Balaban J connectivity index is 1.88. The highest BCUT2D eigenvalue weighted by molar-refractivity contribution is 8.00. The Morgan fingerprint density at radius 1 is 1.42 bits per heavy atom. The minimum atomic E-state index is 0.268. The Morgan fingerprint density at radius 2 is 2.21 bits per heavy atom. The van der Waals surface area contributed by atoms with Gasteiger partial charge in [0, 0.05) is 24.0 Å². The van der Waals surface area contributed by atoms with E-state index in [0.29, 0.717) is 11.8 Å². The van der Waals surface area contributed by atoms with Crippen LogP contribution < -0.4 is 5.32 Å². The van der Waals surface area contributed by atoms with E-state index < -0.39 is 0 Å². The molecule has 0 radical (unpaired) electrons. The summed E-state index contributed by atoms with van der Waals surface area (Å²) < 4.78 is 0. The quantitative estimate of drug-likeness (QED) is 0.811. The number of nitrogens with zero attached hydrogens (tertiary/aromatic N) is 1. The van der Waals surface area contributed by atoms with Gasteiger partial charge in [0.15, 0.2) is 0 Å². The molecule has 1 amide bonds. The predicted octanol–water partition coefficient (Wildman–Crippen LogP) is 2.38. The summed E-state index contributed by atoms with van der Waals surface area (Å²) in [5.41, 5.74) is 0. The molecule has 1 saturated heterocycles. The highest BCUT2D eigenvalue weighted by Gasteiger charge is 2.25. The number of thioether (sulfide) groups is 1. The third-order valence-electron chi connectivity index (χ3n) is 3.37. The molecule has 2 rings (SSSR count). The van der Waals surface area contributed by atoms with Gasteiger partial charge in [-0.3, -0.25) is 4.79 Å². The van der Waals surface area contributed by atoms with E-state index in [4.69, 9.17) is 0 Å². The molecule has 3 nitrogen and oxygen atoms in total. The molecule has 1 fully saturated rings. The summed E-state index contributed by atoms with van der Waals surface area (Å²) in [6.45, 7) is 4.99. The zero-order chi connectivity index (χ0) is 13.5. The van der Waals surface area contributed by atoms with Crippen LogP contribution >= 0.6 is 11.8 Å². The zero-order valence-electron chi connectivity index (χ0n) is 11.5. The molecule has 1 aromatic carbocycles. The highest BCUT2D eigenvalue weighted by atomic mass is 32.2. The lowest BCUT2D eigenvalue weighted by molar-refractivity contribution is -0.130. The van der Waals surface area contributed by atoms with Gasteiger partial charge in [0.25, 0.3) is 0 Å². The fourth-order valence-electron chi connectivity index (χ4n) is 2.40. The maximum Gasteiger partial charge on any atom is 0.233 e. The van der Waals surface area contributed by atoms with Gasteiger partial charge in [-0.15, -0.1) is 11.8 Å². The first-order valence-electron chi connectivity index (χ1n) is 6.99. The van der Waals surface area contributed by atoms with Gasteiger partial charge in [-0.25, -0.2) is 0 Å². The van der Waals surface area contributed by atoms with Gasteiger partial charge in [-0.2, -0.15) is 0 Å². The van der Waals surface area contributed by atoms with Crippen LogP contribution in [0.4, 0.5) is 0 Å². The number of carbonyl (C=O) groups excluding carboxylic acids is 1. The fourth-order valence-corrected chi connectivity index (χ4v) is 3.21. The Labute approximate surface area is 119 Å². The van der Waals surface area contributed by atoms with Gasteiger partial charge in [0.2, 0.25) is 5.91 Å². The van der Waals surface area contributed by atoms with E-state index in [1.165, 1.54) is 0 Å². The number of nitrogens with one attached hydrogen (secondary N) is 1. The number of rotatable bonds is 6. The summed E-state index contributed by atoms with van der Waals surface area (Å²) in [6, 6.07) is 10.5. The largest absolute Gasteiger partial charge is 0.338 e. The van der Waals surface area contributed by atoms with Crippen LogP contribution in [-0.4, -0.2) is 42.2 Å². The molecule has 1 aliphatic heterocycles. The monoisotopic (exact) mass is 278 g/mol. The second-order valence-corrected chi connectivity index (χ2v) is 5.88. The SMILES string of the molecule is CCCN(C(=O)CSc1ccccc1)C1CCNC1. The second kappa shape index (κ2) is 7.56. The minimum absolute atomic E-state index is 0.268. The lowest BCUT2D eigenvalue weighted by atomic mass is 10.2.